The topological polar surface area (TPSA) is 99.5 Å². The third kappa shape index (κ3) is 4.45. The fourth-order valence-corrected chi connectivity index (χ4v) is 7.06. The van der Waals surface area contributed by atoms with E-state index in [1.54, 1.807) is 13.2 Å². The zero-order valence-electron chi connectivity index (χ0n) is 22.0. The van der Waals surface area contributed by atoms with Gasteiger partial charge in [-0.05, 0) is 65.8 Å². The molecule has 7 nitrogen and oxygen atoms in total. The lowest BCUT2D eigenvalue weighted by Crippen LogP contribution is -2.34. The molecule has 2 aromatic carbocycles. The molecule has 0 amide bonds. The van der Waals surface area contributed by atoms with Crippen molar-refractivity contribution in [1.29, 1.82) is 0 Å². The normalized spacial score (nSPS) is 25.5. The Morgan fingerprint density at radius 2 is 1.87 bits per heavy atom. The standard InChI is InChI=1S/C31H37NO6/c1-37-26-7-6-19-14-32(15-21-11-24(35)13-27-28(21)29(19)31(26)38-27)8-4-2-3-5-18-9-20-10-22(16-33)23(17-34)12-25(20)30(18)36/h6-7,10-12,18,24,27-28,33-35H,2-5,8-9,13-17H2,1H3/t18?,24-,27-,28-/m0/s1. The Morgan fingerprint density at radius 1 is 1.05 bits per heavy atom. The molecule has 0 aromatic heterocycles. The summed E-state index contributed by atoms with van der Waals surface area (Å²) in [5.41, 5.74) is 6.85. The van der Waals surface area contributed by atoms with Crippen LogP contribution < -0.4 is 9.47 Å². The average molecular weight is 520 g/mol. The molecular weight excluding hydrogens is 482 g/mol. The monoisotopic (exact) mass is 519 g/mol. The van der Waals surface area contributed by atoms with Gasteiger partial charge in [0.05, 0.1) is 26.4 Å². The average Bonchev–Trinajstić information content (AvgIpc) is 3.39. The Labute approximate surface area is 223 Å². The highest BCUT2D eigenvalue weighted by Gasteiger charge is 2.45. The lowest BCUT2D eigenvalue weighted by Gasteiger charge is -2.30. The molecule has 2 aliphatic carbocycles. The minimum atomic E-state index is -0.482. The first-order valence-corrected chi connectivity index (χ1v) is 13.9. The SMILES string of the molecule is COc1ccc2c3c1O[C@H]1C[C@@H](O)C=C(CN(CCCCCC4Cc5cc(CO)c(CO)cc5C4=O)C2)[C@H]31. The molecule has 3 N–H and O–H groups in total. The number of carbonyl (C=O) groups excluding carboxylic acids is 1. The van der Waals surface area contributed by atoms with Gasteiger partial charge in [0.15, 0.2) is 17.3 Å². The number of aliphatic hydroxyl groups is 3. The molecule has 4 aliphatic rings. The molecule has 7 heteroatoms. The summed E-state index contributed by atoms with van der Waals surface area (Å²) >= 11 is 0. The molecule has 0 radical (unpaired) electrons. The molecule has 38 heavy (non-hydrogen) atoms. The van der Waals surface area contributed by atoms with Crippen molar-refractivity contribution in [2.75, 3.05) is 20.2 Å². The summed E-state index contributed by atoms with van der Waals surface area (Å²) < 4.78 is 11.9. The van der Waals surface area contributed by atoms with E-state index < -0.39 is 6.10 Å². The van der Waals surface area contributed by atoms with Gasteiger partial charge in [0.2, 0.25) is 0 Å². The first-order chi connectivity index (χ1) is 18.5. The number of hydrogen-bond acceptors (Lipinski definition) is 7. The van der Waals surface area contributed by atoms with Crippen LogP contribution in [0.25, 0.3) is 0 Å². The molecule has 0 saturated heterocycles. The molecule has 202 valence electrons. The number of ether oxygens (including phenoxy) is 2. The van der Waals surface area contributed by atoms with Gasteiger partial charge in [0, 0.05) is 42.5 Å². The molecule has 2 aromatic rings. The van der Waals surface area contributed by atoms with Crippen molar-refractivity contribution in [3.05, 3.63) is 69.3 Å². The van der Waals surface area contributed by atoms with Gasteiger partial charge in [-0.2, -0.15) is 0 Å². The molecule has 0 saturated carbocycles. The van der Waals surface area contributed by atoms with Crippen LogP contribution in [0.2, 0.25) is 0 Å². The van der Waals surface area contributed by atoms with E-state index in [2.05, 4.69) is 11.0 Å². The number of aliphatic hydroxyl groups excluding tert-OH is 3. The number of Topliss-reactive ketones (excluding diaryl/α,β-unsaturated/α-hetero) is 1. The number of ketones is 1. The van der Waals surface area contributed by atoms with Gasteiger partial charge in [-0.3, -0.25) is 9.69 Å². The van der Waals surface area contributed by atoms with E-state index in [0.717, 1.165) is 74.4 Å². The number of benzene rings is 2. The second kappa shape index (κ2) is 10.5. The fraction of sp³-hybridized carbons (Fsp3) is 0.516. The van der Waals surface area contributed by atoms with E-state index in [1.807, 2.05) is 18.2 Å². The van der Waals surface area contributed by atoms with Crippen LogP contribution in [0.5, 0.6) is 11.5 Å². The molecule has 2 aliphatic heterocycles. The Morgan fingerprint density at radius 3 is 2.66 bits per heavy atom. The fourth-order valence-electron chi connectivity index (χ4n) is 7.06. The maximum Gasteiger partial charge on any atom is 0.166 e. The summed E-state index contributed by atoms with van der Waals surface area (Å²) in [5, 5.41) is 29.7. The van der Waals surface area contributed by atoms with E-state index in [9.17, 15) is 20.1 Å². The number of unbranched alkanes of at least 4 members (excludes halogenated alkanes) is 2. The van der Waals surface area contributed by atoms with Crippen molar-refractivity contribution in [3.63, 3.8) is 0 Å². The van der Waals surface area contributed by atoms with Gasteiger partial charge in [-0.25, -0.2) is 0 Å². The Hall–Kier alpha value is -2.71. The van der Waals surface area contributed by atoms with E-state index in [1.165, 1.54) is 16.7 Å². The van der Waals surface area contributed by atoms with Crippen LogP contribution in [0.1, 0.15) is 76.2 Å². The predicted molar refractivity (Wildman–Crippen MR) is 142 cm³/mol. The molecule has 0 fully saturated rings. The molecule has 2 heterocycles. The zero-order chi connectivity index (χ0) is 26.4. The van der Waals surface area contributed by atoms with E-state index in [4.69, 9.17) is 9.47 Å². The van der Waals surface area contributed by atoms with Gasteiger partial charge in [-0.1, -0.05) is 31.1 Å². The van der Waals surface area contributed by atoms with Crippen molar-refractivity contribution < 1.29 is 29.6 Å². The van der Waals surface area contributed by atoms with Crippen LogP contribution in [0.4, 0.5) is 0 Å². The van der Waals surface area contributed by atoms with Crippen LogP contribution in [0.15, 0.2) is 35.9 Å². The third-order valence-electron chi connectivity index (χ3n) is 8.90. The number of fused-ring (bicyclic) bond motifs is 1. The van der Waals surface area contributed by atoms with Gasteiger partial charge in [0.25, 0.3) is 0 Å². The minimum Gasteiger partial charge on any atom is -0.493 e. The molecule has 6 rings (SSSR count). The second-order valence-electron chi connectivity index (χ2n) is 11.3. The number of hydrogen-bond donors (Lipinski definition) is 3. The molecular formula is C31H37NO6. The maximum atomic E-state index is 13.0. The lowest BCUT2D eigenvalue weighted by atomic mass is 9.80. The molecule has 1 unspecified atom stereocenters. The van der Waals surface area contributed by atoms with Crippen molar-refractivity contribution >= 4 is 5.78 Å². The lowest BCUT2D eigenvalue weighted by molar-refractivity contribution is 0.0928. The highest BCUT2D eigenvalue weighted by Crippen LogP contribution is 2.53. The number of rotatable bonds is 9. The predicted octanol–water partition coefficient (Wildman–Crippen LogP) is 3.65. The summed E-state index contributed by atoms with van der Waals surface area (Å²) in [6.45, 7) is 2.35. The summed E-state index contributed by atoms with van der Waals surface area (Å²) in [7, 11) is 1.68. The van der Waals surface area contributed by atoms with Crippen LogP contribution >= 0.6 is 0 Å². The van der Waals surface area contributed by atoms with Crippen molar-refractivity contribution in [1.82, 2.24) is 4.90 Å². The summed E-state index contributed by atoms with van der Waals surface area (Å²) in [6, 6.07) is 7.83. The summed E-state index contributed by atoms with van der Waals surface area (Å²) in [5.74, 6) is 1.98. The largest absolute Gasteiger partial charge is 0.493 e. The minimum absolute atomic E-state index is 0.00613. The summed E-state index contributed by atoms with van der Waals surface area (Å²) in [4.78, 5) is 15.4. The van der Waals surface area contributed by atoms with Crippen LogP contribution in [-0.4, -0.2) is 58.4 Å². The Balaban J connectivity index is 1.07. The van der Waals surface area contributed by atoms with Gasteiger partial charge < -0.3 is 24.8 Å². The third-order valence-corrected chi connectivity index (χ3v) is 8.90. The highest BCUT2D eigenvalue weighted by atomic mass is 16.5. The van der Waals surface area contributed by atoms with E-state index in [-0.39, 0.29) is 36.9 Å². The zero-order valence-corrected chi connectivity index (χ0v) is 22.0. The Kier molecular flexibility index (Phi) is 7.03. The number of nitrogens with zero attached hydrogens (tertiary/aromatic N) is 1. The smallest absolute Gasteiger partial charge is 0.166 e. The van der Waals surface area contributed by atoms with Gasteiger partial charge in [-0.15, -0.1) is 0 Å². The van der Waals surface area contributed by atoms with Crippen LogP contribution in [0, 0.1) is 5.92 Å². The first-order valence-electron chi connectivity index (χ1n) is 13.9. The van der Waals surface area contributed by atoms with Crippen molar-refractivity contribution in [2.45, 2.75) is 76.4 Å². The van der Waals surface area contributed by atoms with E-state index >= 15 is 0 Å². The van der Waals surface area contributed by atoms with Crippen LogP contribution in [-0.2, 0) is 26.2 Å². The molecule has 0 bridgehead atoms. The number of methoxy groups -OCH3 is 1. The Bertz CT molecular complexity index is 1270. The molecule has 0 spiro atoms. The maximum absolute atomic E-state index is 13.0. The van der Waals surface area contributed by atoms with E-state index in [0.29, 0.717) is 17.5 Å². The van der Waals surface area contributed by atoms with Crippen molar-refractivity contribution in [2.24, 2.45) is 5.92 Å². The number of carbonyl (C=O) groups is 1. The first kappa shape index (κ1) is 25.6. The highest BCUT2D eigenvalue weighted by molar-refractivity contribution is 6.02. The van der Waals surface area contributed by atoms with Crippen molar-refractivity contribution in [3.8, 4) is 11.5 Å². The summed E-state index contributed by atoms with van der Waals surface area (Å²) in [6.07, 6.45) is 6.81. The van der Waals surface area contributed by atoms with Gasteiger partial charge in [0.1, 0.15) is 6.10 Å². The quantitative estimate of drug-likeness (QED) is 0.344. The second-order valence-corrected chi connectivity index (χ2v) is 11.3. The molecule has 4 atom stereocenters. The van der Waals surface area contributed by atoms with Crippen LogP contribution in [0.3, 0.4) is 0 Å². The van der Waals surface area contributed by atoms with Gasteiger partial charge >= 0.3 is 0 Å².